The fraction of sp³-hybridized carbons (Fsp3) is 0.889. The maximum absolute atomic E-state index is 13.1. The first-order valence-corrected chi connectivity index (χ1v) is 5.33. The first-order valence-electron chi connectivity index (χ1n) is 4.80. The Labute approximate surface area is 90.8 Å². The molecule has 0 bridgehead atoms. The lowest BCUT2D eigenvalue weighted by atomic mass is 9.88. The highest BCUT2D eigenvalue weighted by molar-refractivity contribution is 6.18. The van der Waals surface area contributed by atoms with Gasteiger partial charge in [0.25, 0.3) is 5.92 Å². The second kappa shape index (κ2) is 3.04. The number of aliphatic carboxylic acids is 1. The number of hydrogen-bond acceptors (Lipinski definition) is 2. The van der Waals surface area contributed by atoms with E-state index in [1.165, 1.54) is 0 Å². The third-order valence-electron chi connectivity index (χ3n) is 3.55. The van der Waals surface area contributed by atoms with E-state index in [0.29, 0.717) is 0 Å². The predicted molar refractivity (Wildman–Crippen MR) is 50.3 cm³/mol. The Hall–Kier alpha value is -0.420. The Morgan fingerprint density at radius 3 is 2.40 bits per heavy atom. The van der Waals surface area contributed by atoms with E-state index in [0.717, 1.165) is 0 Å². The van der Waals surface area contributed by atoms with Gasteiger partial charge < -0.3 is 10.4 Å². The molecule has 2 fully saturated rings. The highest BCUT2D eigenvalue weighted by Gasteiger charge is 2.75. The SMILES string of the molecule is O=C(O)C1(CCCl)C[C@@]2(CN1)CC2(F)F. The number of carbonyl (C=O) groups is 1. The summed E-state index contributed by atoms with van der Waals surface area (Å²) in [5.74, 6) is -3.63. The zero-order valence-electron chi connectivity index (χ0n) is 8.02. The molecule has 0 aromatic heterocycles. The van der Waals surface area contributed by atoms with Crippen LogP contribution >= 0.6 is 11.6 Å². The van der Waals surface area contributed by atoms with Crippen molar-refractivity contribution in [3.63, 3.8) is 0 Å². The molecule has 1 unspecified atom stereocenters. The van der Waals surface area contributed by atoms with Crippen molar-refractivity contribution in [2.24, 2.45) is 5.41 Å². The summed E-state index contributed by atoms with van der Waals surface area (Å²) in [5.41, 5.74) is -2.38. The Kier molecular flexibility index (Phi) is 2.25. The number of halogens is 3. The van der Waals surface area contributed by atoms with E-state index in [2.05, 4.69) is 5.32 Å². The number of rotatable bonds is 3. The van der Waals surface area contributed by atoms with Crippen molar-refractivity contribution >= 4 is 17.6 Å². The Balaban J connectivity index is 2.16. The summed E-state index contributed by atoms with van der Waals surface area (Å²) in [6.07, 6.45) is -0.0406. The van der Waals surface area contributed by atoms with Gasteiger partial charge in [0.2, 0.25) is 0 Å². The third kappa shape index (κ3) is 1.44. The van der Waals surface area contributed by atoms with Crippen LogP contribution in [0.3, 0.4) is 0 Å². The molecule has 1 heterocycles. The summed E-state index contributed by atoms with van der Waals surface area (Å²) in [6, 6.07) is 0. The highest BCUT2D eigenvalue weighted by Crippen LogP contribution is 2.66. The van der Waals surface area contributed by atoms with E-state index in [4.69, 9.17) is 16.7 Å². The number of hydrogen-bond donors (Lipinski definition) is 2. The normalized spacial score (nSPS) is 42.1. The molecule has 1 spiro atoms. The van der Waals surface area contributed by atoms with Crippen LogP contribution in [0.4, 0.5) is 8.78 Å². The quantitative estimate of drug-likeness (QED) is 0.733. The van der Waals surface area contributed by atoms with Crippen molar-refractivity contribution in [3.05, 3.63) is 0 Å². The van der Waals surface area contributed by atoms with E-state index >= 15 is 0 Å². The molecule has 1 aliphatic heterocycles. The summed E-state index contributed by atoms with van der Waals surface area (Å²) in [6.45, 7) is 0.0726. The third-order valence-corrected chi connectivity index (χ3v) is 3.74. The molecule has 2 atom stereocenters. The minimum absolute atomic E-state index is 0.0188. The monoisotopic (exact) mass is 239 g/mol. The van der Waals surface area contributed by atoms with Crippen LogP contribution in [0.25, 0.3) is 0 Å². The van der Waals surface area contributed by atoms with Gasteiger partial charge >= 0.3 is 5.97 Å². The van der Waals surface area contributed by atoms with Gasteiger partial charge in [-0.3, -0.25) is 4.79 Å². The van der Waals surface area contributed by atoms with Gasteiger partial charge in [0.05, 0.1) is 5.41 Å². The van der Waals surface area contributed by atoms with Crippen LogP contribution in [0.5, 0.6) is 0 Å². The molecule has 0 radical (unpaired) electrons. The maximum Gasteiger partial charge on any atom is 0.323 e. The molecular formula is C9H12ClF2NO2. The first-order chi connectivity index (χ1) is 6.88. The van der Waals surface area contributed by atoms with Crippen LogP contribution in [0.2, 0.25) is 0 Å². The fourth-order valence-electron chi connectivity index (χ4n) is 2.40. The Morgan fingerprint density at radius 1 is 1.47 bits per heavy atom. The van der Waals surface area contributed by atoms with Crippen LogP contribution < -0.4 is 5.32 Å². The minimum atomic E-state index is -2.70. The van der Waals surface area contributed by atoms with Crippen LogP contribution in [-0.4, -0.2) is 35.0 Å². The van der Waals surface area contributed by atoms with Gasteiger partial charge in [0.1, 0.15) is 5.54 Å². The van der Waals surface area contributed by atoms with Gasteiger partial charge in [-0.1, -0.05) is 0 Å². The lowest BCUT2D eigenvalue weighted by molar-refractivity contribution is -0.144. The second-order valence-corrected chi connectivity index (χ2v) is 4.90. The Morgan fingerprint density at radius 2 is 2.07 bits per heavy atom. The first kappa shape index (κ1) is 11.1. The lowest BCUT2D eigenvalue weighted by Gasteiger charge is -2.23. The molecule has 1 saturated heterocycles. The van der Waals surface area contributed by atoms with Gasteiger partial charge in [-0.2, -0.15) is 0 Å². The van der Waals surface area contributed by atoms with E-state index in [9.17, 15) is 13.6 Å². The van der Waals surface area contributed by atoms with Crippen LogP contribution in [-0.2, 0) is 4.79 Å². The van der Waals surface area contributed by atoms with Crippen molar-refractivity contribution in [2.75, 3.05) is 12.4 Å². The molecule has 15 heavy (non-hydrogen) atoms. The Bertz CT molecular complexity index is 312. The summed E-state index contributed by atoms with van der Waals surface area (Å²) in [5, 5.41) is 11.8. The van der Waals surface area contributed by atoms with Crippen molar-refractivity contribution in [1.29, 1.82) is 0 Å². The predicted octanol–water partition coefficient (Wildman–Crippen LogP) is 1.46. The summed E-state index contributed by atoms with van der Waals surface area (Å²) in [7, 11) is 0. The molecule has 6 heteroatoms. The van der Waals surface area contributed by atoms with E-state index in [1.54, 1.807) is 0 Å². The molecular weight excluding hydrogens is 228 g/mol. The van der Waals surface area contributed by atoms with Gasteiger partial charge in [-0.15, -0.1) is 11.6 Å². The molecule has 1 aliphatic carbocycles. The molecule has 2 rings (SSSR count). The molecule has 2 N–H and O–H groups in total. The molecule has 2 aliphatic rings. The van der Waals surface area contributed by atoms with Crippen molar-refractivity contribution in [3.8, 4) is 0 Å². The van der Waals surface area contributed by atoms with Crippen molar-refractivity contribution < 1.29 is 18.7 Å². The smallest absolute Gasteiger partial charge is 0.323 e. The van der Waals surface area contributed by atoms with Crippen LogP contribution in [0.15, 0.2) is 0 Å². The minimum Gasteiger partial charge on any atom is -0.480 e. The number of carboxylic acids is 1. The standard InChI is InChI=1S/C9H12ClF2NO2/c10-2-1-8(6(14)15)3-7(5-13-8)4-9(7,11)12/h13H,1-5H2,(H,14,15)/t7-,8?/m0/s1. The van der Waals surface area contributed by atoms with Gasteiger partial charge in [0.15, 0.2) is 0 Å². The molecule has 3 nitrogen and oxygen atoms in total. The van der Waals surface area contributed by atoms with Crippen LogP contribution in [0.1, 0.15) is 19.3 Å². The average molecular weight is 240 g/mol. The summed E-state index contributed by atoms with van der Waals surface area (Å²) in [4.78, 5) is 11.1. The summed E-state index contributed by atoms with van der Waals surface area (Å²) >= 11 is 5.51. The number of carboxylic acid groups (broad SMARTS) is 1. The van der Waals surface area contributed by atoms with Crippen molar-refractivity contribution in [2.45, 2.75) is 30.7 Å². The second-order valence-electron chi connectivity index (χ2n) is 4.52. The van der Waals surface area contributed by atoms with Gasteiger partial charge in [-0.05, 0) is 12.8 Å². The fourth-order valence-corrected chi connectivity index (χ4v) is 2.72. The average Bonchev–Trinajstić information content (AvgIpc) is 2.51. The molecule has 0 amide bonds. The van der Waals surface area contributed by atoms with E-state index in [1.807, 2.05) is 0 Å². The van der Waals surface area contributed by atoms with Crippen LogP contribution in [0, 0.1) is 5.41 Å². The zero-order valence-corrected chi connectivity index (χ0v) is 8.78. The molecule has 0 aromatic rings. The van der Waals surface area contributed by atoms with E-state index in [-0.39, 0.29) is 31.7 Å². The van der Waals surface area contributed by atoms with Crippen molar-refractivity contribution in [1.82, 2.24) is 5.32 Å². The topological polar surface area (TPSA) is 49.3 Å². The molecule has 1 saturated carbocycles. The molecule has 0 aromatic carbocycles. The maximum atomic E-state index is 13.1. The zero-order chi connectivity index (χ0) is 11.3. The number of nitrogens with one attached hydrogen (secondary N) is 1. The summed E-state index contributed by atoms with van der Waals surface area (Å²) < 4.78 is 26.1. The van der Waals surface area contributed by atoms with Gasteiger partial charge in [0, 0.05) is 18.8 Å². The highest BCUT2D eigenvalue weighted by atomic mass is 35.5. The molecule has 86 valence electrons. The lowest BCUT2D eigenvalue weighted by Crippen LogP contribution is -2.47. The largest absolute Gasteiger partial charge is 0.480 e. The number of alkyl halides is 3. The van der Waals surface area contributed by atoms with Gasteiger partial charge in [-0.25, -0.2) is 8.78 Å². The van der Waals surface area contributed by atoms with E-state index < -0.39 is 22.8 Å².